The van der Waals surface area contributed by atoms with E-state index in [0.717, 1.165) is 25.7 Å². The van der Waals surface area contributed by atoms with Crippen molar-refractivity contribution in [3.05, 3.63) is 0 Å². The summed E-state index contributed by atoms with van der Waals surface area (Å²) in [6, 6.07) is 0. The molecule has 0 saturated heterocycles. The molecule has 0 unspecified atom stereocenters. The summed E-state index contributed by atoms with van der Waals surface area (Å²) in [6.45, 7) is 8.98. The maximum absolute atomic E-state index is 11.3. The fourth-order valence-electron chi connectivity index (χ4n) is 3.18. The smallest absolute Gasteiger partial charge is 0.132 e. The second-order valence-electron chi connectivity index (χ2n) is 6.46. The van der Waals surface area contributed by atoms with E-state index in [2.05, 4.69) is 20.8 Å². The Kier molecular flexibility index (Phi) is 4.77. The highest BCUT2D eigenvalue weighted by Crippen LogP contribution is 2.56. The van der Waals surface area contributed by atoms with Gasteiger partial charge in [-0.3, -0.25) is 4.79 Å². The molecule has 2 nitrogen and oxygen atoms in total. The largest absolute Gasteiger partial charge is 0.396 e. The molecule has 1 saturated carbocycles. The van der Waals surface area contributed by atoms with Crippen LogP contribution in [0.3, 0.4) is 0 Å². The number of Topliss-reactive ketones (excluding diaryl/α,β-unsaturated/α-hetero) is 1. The summed E-state index contributed by atoms with van der Waals surface area (Å²) in [5.41, 5.74) is 0.253. The van der Waals surface area contributed by atoms with Crippen LogP contribution in [0.1, 0.15) is 66.2 Å². The van der Waals surface area contributed by atoms with Crippen LogP contribution in [0, 0.1) is 16.7 Å². The molecule has 0 heterocycles. The average molecular weight is 240 g/mol. The Hall–Kier alpha value is -0.370. The number of aliphatic hydroxyl groups excluding tert-OH is 1. The number of carbonyl (C=O) groups is 1. The first kappa shape index (κ1) is 14.7. The number of carbonyl (C=O) groups excluding carboxylic acids is 1. The summed E-state index contributed by atoms with van der Waals surface area (Å²) < 4.78 is 0. The van der Waals surface area contributed by atoms with Crippen molar-refractivity contribution in [1.29, 1.82) is 0 Å². The van der Waals surface area contributed by atoms with Crippen molar-refractivity contribution < 1.29 is 9.90 Å². The van der Waals surface area contributed by atoms with Crippen molar-refractivity contribution in [3.8, 4) is 0 Å². The Bertz CT molecular complexity index is 270. The van der Waals surface area contributed by atoms with Crippen molar-refractivity contribution in [2.45, 2.75) is 66.2 Å². The monoisotopic (exact) mass is 240 g/mol. The van der Waals surface area contributed by atoms with E-state index in [1.165, 1.54) is 6.42 Å². The van der Waals surface area contributed by atoms with E-state index in [1.807, 2.05) is 6.92 Å². The molecular formula is C15H28O2. The standard InChI is InChI=1S/C15H28O2/c1-5-13(17)8-6-7-12-9-10-15(4,11-16)14(12,2)3/h12,16H,5-11H2,1-4H3/t12-,15+/m1/s1. The molecule has 0 aliphatic heterocycles. The molecule has 17 heavy (non-hydrogen) atoms. The quantitative estimate of drug-likeness (QED) is 0.770. The Morgan fingerprint density at radius 2 is 2.00 bits per heavy atom. The molecule has 0 aromatic rings. The predicted octanol–water partition coefficient (Wildman–Crippen LogP) is 3.57. The van der Waals surface area contributed by atoms with Crippen molar-refractivity contribution in [2.24, 2.45) is 16.7 Å². The van der Waals surface area contributed by atoms with E-state index in [-0.39, 0.29) is 17.4 Å². The summed E-state index contributed by atoms with van der Waals surface area (Å²) in [5, 5.41) is 9.58. The molecule has 0 aromatic heterocycles. The zero-order chi connectivity index (χ0) is 13.1. The minimum Gasteiger partial charge on any atom is -0.396 e. The molecule has 2 atom stereocenters. The first-order valence-corrected chi connectivity index (χ1v) is 7.00. The second kappa shape index (κ2) is 5.51. The summed E-state index contributed by atoms with van der Waals surface area (Å²) in [4.78, 5) is 11.3. The van der Waals surface area contributed by atoms with Crippen LogP contribution in [0.15, 0.2) is 0 Å². The van der Waals surface area contributed by atoms with Crippen LogP contribution in [0.4, 0.5) is 0 Å². The van der Waals surface area contributed by atoms with Crippen molar-refractivity contribution >= 4 is 5.78 Å². The van der Waals surface area contributed by atoms with E-state index in [4.69, 9.17) is 0 Å². The summed E-state index contributed by atoms with van der Waals surface area (Å²) in [5.74, 6) is 1.04. The van der Waals surface area contributed by atoms with Crippen molar-refractivity contribution in [2.75, 3.05) is 6.61 Å². The van der Waals surface area contributed by atoms with Gasteiger partial charge in [-0.15, -0.1) is 0 Å². The van der Waals surface area contributed by atoms with Gasteiger partial charge in [-0.2, -0.15) is 0 Å². The summed E-state index contributed by atoms with van der Waals surface area (Å²) in [7, 11) is 0. The molecule has 1 aliphatic carbocycles. The lowest BCUT2D eigenvalue weighted by atomic mass is 9.65. The Morgan fingerprint density at radius 3 is 2.47 bits per heavy atom. The maximum atomic E-state index is 11.3. The highest BCUT2D eigenvalue weighted by Gasteiger charge is 2.50. The first-order valence-electron chi connectivity index (χ1n) is 7.00. The Morgan fingerprint density at radius 1 is 1.35 bits per heavy atom. The van der Waals surface area contributed by atoms with Gasteiger partial charge in [0.1, 0.15) is 5.78 Å². The molecule has 0 spiro atoms. The lowest BCUT2D eigenvalue weighted by Crippen LogP contribution is -2.37. The van der Waals surface area contributed by atoms with E-state index < -0.39 is 0 Å². The van der Waals surface area contributed by atoms with Crippen molar-refractivity contribution in [3.63, 3.8) is 0 Å². The third-order valence-electron chi connectivity index (χ3n) is 5.37. The predicted molar refractivity (Wildman–Crippen MR) is 70.8 cm³/mol. The molecular weight excluding hydrogens is 212 g/mol. The minimum atomic E-state index is 0.0619. The Balaban J connectivity index is 2.49. The molecule has 100 valence electrons. The normalized spacial score (nSPS) is 31.7. The van der Waals surface area contributed by atoms with Crippen LogP contribution in [-0.4, -0.2) is 17.5 Å². The molecule has 1 rings (SSSR count). The fourth-order valence-corrected chi connectivity index (χ4v) is 3.18. The third-order valence-corrected chi connectivity index (χ3v) is 5.37. The Labute approximate surface area is 106 Å². The lowest BCUT2D eigenvalue weighted by molar-refractivity contribution is -0.118. The van der Waals surface area contributed by atoms with Gasteiger partial charge in [-0.1, -0.05) is 27.7 Å². The molecule has 0 radical (unpaired) electrons. The van der Waals surface area contributed by atoms with Gasteiger partial charge in [0, 0.05) is 19.4 Å². The van der Waals surface area contributed by atoms with Gasteiger partial charge >= 0.3 is 0 Å². The van der Waals surface area contributed by atoms with Gasteiger partial charge in [0.2, 0.25) is 0 Å². The third kappa shape index (κ3) is 2.90. The van der Waals surface area contributed by atoms with Crippen LogP contribution in [-0.2, 0) is 4.79 Å². The van der Waals surface area contributed by atoms with Crippen LogP contribution < -0.4 is 0 Å². The number of hydrogen-bond acceptors (Lipinski definition) is 2. The van der Waals surface area contributed by atoms with Crippen LogP contribution in [0.5, 0.6) is 0 Å². The van der Waals surface area contributed by atoms with Gasteiger partial charge in [0.15, 0.2) is 0 Å². The highest BCUT2D eigenvalue weighted by molar-refractivity contribution is 5.77. The van der Waals surface area contributed by atoms with E-state index in [9.17, 15) is 9.90 Å². The number of ketones is 1. The van der Waals surface area contributed by atoms with Gasteiger partial charge in [0.25, 0.3) is 0 Å². The minimum absolute atomic E-state index is 0.0619. The van der Waals surface area contributed by atoms with Crippen LogP contribution in [0.2, 0.25) is 0 Å². The zero-order valence-electron chi connectivity index (χ0n) is 11.9. The SMILES string of the molecule is CCC(=O)CCC[C@@H]1CC[C@@](C)(CO)C1(C)C. The molecule has 2 heteroatoms. The summed E-state index contributed by atoms with van der Waals surface area (Å²) in [6.07, 6.45) is 5.87. The number of aliphatic hydroxyl groups is 1. The summed E-state index contributed by atoms with van der Waals surface area (Å²) >= 11 is 0. The maximum Gasteiger partial charge on any atom is 0.132 e. The highest BCUT2D eigenvalue weighted by atomic mass is 16.3. The fraction of sp³-hybridized carbons (Fsp3) is 0.933. The van der Waals surface area contributed by atoms with Crippen molar-refractivity contribution in [1.82, 2.24) is 0 Å². The first-order chi connectivity index (χ1) is 7.87. The molecule has 1 fully saturated rings. The van der Waals surface area contributed by atoms with Gasteiger partial charge in [-0.05, 0) is 42.4 Å². The van der Waals surface area contributed by atoms with Crippen LogP contribution in [0.25, 0.3) is 0 Å². The molecule has 1 aliphatic rings. The molecule has 0 amide bonds. The molecule has 1 N–H and O–H groups in total. The van der Waals surface area contributed by atoms with E-state index in [1.54, 1.807) is 0 Å². The zero-order valence-corrected chi connectivity index (χ0v) is 11.9. The number of rotatable bonds is 6. The van der Waals surface area contributed by atoms with Gasteiger partial charge in [-0.25, -0.2) is 0 Å². The number of hydrogen-bond donors (Lipinski definition) is 1. The molecule has 0 bridgehead atoms. The topological polar surface area (TPSA) is 37.3 Å². The van der Waals surface area contributed by atoms with E-state index >= 15 is 0 Å². The average Bonchev–Trinajstić information content (AvgIpc) is 2.52. The lowest BCUT2D eigenvalue weighted by Gasteiger charge is -2.40. The molecule has 0 aromatic carbocycles. The van der Waals surface area contributed by atoms with Gasteiger partial charge in [0.05, 0.1) is 0 Å². The van der Waals surface area contributed by atoms with Gasteiger partial charge < -0.3 is 5.11 Å². The van der Waals surface area contributed by atoms with Crippen LogP contribution >= 0.6 is 0 Å². The second-order valence-corrected chi connectivity index (χ2v) is 6.46. The van der Waals surface area contributed by atoms with E-state index in [0.29, 0.717) is 18.1 Å².